The number of hydrogen-bond acceptors (Lipinski definition) is 4. The molecule has 1 fully saturated rings. The van der Waals surface area contributed by atoms with Crippen molar-refractivity contribution < 1.29 is 18.7 Å². The highest BCUT2D eigenvalue weighted by Gasteiger charge is 2.25. The number of benzene rings is 1. The topological polar surface area (TPSA) is 63.0 Å². The fourth-order valence-corrected chi connectivity index (χ4v) is 3.30. The Morgan fingerprint density at radius 3 is 2.30 bits per heavy atom. The second-order valence-corrected chi connectivity index (χ2v) is 6.82. The zero-order chi connectivity index (χ0) is 19.2. The lowest BCUT2D eigenvalue weighted by molar-refractivity contribution is -0.132. The first-order valence-corrected chi connectivity index (χ1v) is 9.36. The van der Waals surface area contributed by atoms with Gasteiger partial charge in [0.05, 0.1) is 12.9 Å². The van der Waals surface area contributed by atoms with Crippen LogP contribution in [0.4, 0.5) is 0 Å². The summed E-state index contributed by atoms with van der Waals surface area (Å²) in [4.78, 5) is 28.2. The van der Waals surface area contributed by atoms with Crippen LogP contribution in [0.5, 0.6) is 5.75 Å². The largest absolute Gasteiger partial charge is 0.493 e. The molecular weight excluding hydrogens is 344 g/mol. The molecule has 144 valence electrons. The summed E-state index contributed by atoms with van der Waals surface area (Å²) in [6.07, 6.45) is 2.63. The van der Waals surface area contributed by atoms with Crippen molar-refractivity contribution in [1.29, 1.82) is 0 Å². The van der Waals surface area contributed by atoms with E-state index >= 15 is 0 Å². The molecule has 1 saturated heterocycles. The van der Waals surface area contributed by atoms with Gasteiger partial charge in [0.25, 0.3) is 5.91 Å². The maximum atomic E-state index is 12.4. The lowest BCUT2D eigenvalue weighted by Crippen LogP contribution is -2.50. The Balaban J connectivity index is 1.39. The number of para-hydroxylation sites is 1. The molecule has 0 atom stereocenters. The minimum atomic E-state index is -0.117. The van der Waals surface area contributed by atoms with Crippen molar-refractivity contribution in [2.75, 3.05) is 32.8 Å². The molecule has 0 radical (unpaired) electrons. The molecule has 2 amide bonds. The van der Waals surface area contributed by atoms with E-state index in [-0.39, 0.29) is 11.8 Å². The van der Waals surface area contributed by atoms with E-state index in [1.807, 2.05) is 36.9 Å². The van der Waals surface area contributed by atoms with Crippen LogP contribution in [-0.2, 0) is 4.79 Å². The van der Waals surface area contributed by atoms with Crippen LogP contribution in [0.25, 0.3) is 0 Å². The molecule has 6 heteroatoms. The van der Waals surface area contributed by atoms with E-state index in [1.54, 1.807) is 17.0 Å². The fraction of sp³-hybridized carbons (Fsp3) is 0.429. The third-order valence-corrected chi connectivity index (χ3v) is 4.84. The summed E-state index contributed by atoms with van der Waals surface area (Å²) < 4.78 is 11.0. The van der Waals surface area contributed by atoms with E-state index in [1.165, 1.54) is 6.26 Å². The van der Waals surface area contributed by atoms with Gasteiger partial charge in [0.1, 0.15) is 5.75 Å². The molecule has 6 nitrogen and oxygen atoms in total. The minimum Gasteiger partial charge on any atom is -0.493 e. The van der Waals surface area contributed by atoms with Gasteiger partial charge in [0, 0.05) is 32.6 Å². The molecular formula is C21H26N2O4. The summed E-state index contributed by atoms with van der Waals surface area (Å²) >= 11 is 0. The molecule has 1 aliphatic heterocycles. The predicted octanol–water partition coefficient (Wildman–Crippen LogP) is 3.04. The van der Waals surface area contributed by atoms with E-state index < -0.39 is 0 Å². The summed E-state index contributed by atoms with van der Waals surface area (Å²) in [6, 6.07) is 9.43. The van der Waals surface area contributed by atoms with Crippen LogP contribution in [0.3, 0.4) is 0 Å². The Morgan fingerprint density at radius 2 is 1.67 bits per heavy atom. The molecule has 1 aromatic carbocycles. The van der Waals surface area contributed by atoms with E-state index in [4.69, 9.17) is 9.15 Å². The highest BCUT2D eigenvalue weighted by Crippen LogP contribution is 2.22. The second kappa shape index (κ2) is 8.75. The molecule has 0 aliphatic carbocycles. The smallest absolute Gasteiger partial charge is 0.289 e. The summed E-state index contributed by atoms with van der Waals surface area (Å²) in [5, 5.41) is 0. The average molecular weight is 370 g/mol. The van der Waals surface area contributed by atoms with Gasteiger partial charge in [-0.05, 0) is 43.5 Å². The number of carbonyl (C=O) groups is 2. The molecule has 0 N–H and O–H groups in total. The molecule has 0 unspecified atom stereocenters. The van der Waals surface area contributed by atoms with E-state index in [9.17, 15) is 9.59 Å². The number of amides is 2. The molecule has 1 aliphatic rings. The zero-order valence-corrected chi connectivity index (χ0v) is 15.9. The van der Waals surface area contributed by atoms with Gasteiger partial charge in [-0.2, -0.15) is 0 Å². The predicted molar refractivity (Wildman–Crippen MR) is 102 cm³/mol. The number of rotatable bonds is 6. The molecule has 2 aromatic rings. The minimum absolute atomic E-state index is 0.116. The van der Waals surface area contributed by atoms with Crippen LogP contribution < -0.4 is 4.74 Å². The number of hydrogen-bond donors (Lipinski definition) is 0. The summed E-state index contributed by atoms with van der Waals surface area (Å²) in [5.41, 5.74) is 2.22. The monoisotopic (exact) mass is 370 g/mol. The summed E-state index contributed by atoms with van der Waals surface area (Å²) in [7, 11) is 0. The third-order valence-electron chi connectivity index (χ3n) is 4.84. The van der Waals surface area contributed by atoms with Crippen LogP contribution in [0.2, 0.25) is 0 Å². The number of furan rings is 1. The first-order chi connectivity index (χ1) is 13.1. The Kier molecular flexibility index (Phi) is 6.16. The van der Waals surface area contributed by atoms with Crippen molar-refractivity contribution in [3.63, 3.8) is 0 Å². The number of ether oxygens (including phenoxy) is 1. The summed E-state index contributed by atoms with van der Waals surface area (Å²) in [5.74, 6) is 1.26. The summed E-state index contributed by atoms with van der Waals surface area (Å²) in [6.45, 7) is 6.75. The normalized spacial score (nSPS) is 14.3. The Labute approximate surface area is 159 Å². The Morgan fingerprint density at radius 1 is 1.00 bits per heavy atom. The molecule has 2 heterocycles. The first kappa shape index (κ1) is 19.0. The van der Waals surface area contributed by atoms with Gasteiger partial charge in [-0.3, -0.25) is 9.59 Å². The molecule has 3 rings (SSSR count). The fourth-order valence-electron chi connectivity index (χ4n) is 3.30. The Bertz CT molecular complexity index is 757. The van der Waals surface area contributed by atoms with Crippen LogP contribution in [0, 0.1) is 13.8 Å². The molecule has 0 spiro atoms. The van der Waals surface area contributed by atoms with Crippen molar-refractivity contribution in [2.24, 2.45) is 0 Å². The second-order valence-electron chi connectivity index (χ2n) is 6.82. The van der Waals surface area contributed by atoms with Crippen molar-refractivity contribution in [3.05, 3.63) is 53.5 Å². The van der Waals surface area contributed by atoms with E-state index in [2.05, 4.69) is 0 Å². The maximum absolute atomic E-state index is 12.4. The SMILES string of the molecule is Cc1cccc(C)c1OCCCC(=O)N1CCN(C(=O)c2ccco2)CC1. The van der Waals surface area contributed by atoms with Crippen LogP contribution in [0.15, 0.2) is 41.0 Å². The van der Waals surface area contributed by atoms with Gasteiger partial charge in [0.2, 0.25) is 5.91 Å². The van der Waals surface area contributed by atoms with Gasteiger partial charge in [-0.1, -0.05) is 18.2 Å². The zero-order valence-electron chi connectivity index (χ0n) is 15.9. The highest BCUT2D eigenvalue weighted by molar-refractivity contribution is 5.91. The lowest BCUT2D eigenvalue weighted by atomic mass is 10.1. The van der Waals surface area contributed by atoms with Gasteiger partial charge < -0.3 is 19.0 Å². The Hall–Kier alpha value is -2.76. The average Bonchev–Trinajstić information content (AvgIpc) is 3.21. The van der Waals surface area contributed by atoms with E-state index in [0.717, 1.165) is 16.9 Å². The molecule has 0 bridgehead atoms. The first-order valence-electron chi connectivity index (χ1n) is 9.36. The lowest BCUT2D eigenvalue weighted by Gasteiger charge is -2.34. The van der Waals surface area contributed by atoms with E-state index in [0.29, 0.717) is 51.4 Å². The van der Waals surface area contributed by atoms with Gasteiger partial charge in [-0.15, -0.1) is 0 Å². The number of piperazine rings is 1. The molecule has 1 aromatic heterocycles. The third kappa shape index (κ3) is 4.70. The van der Waals surface area contributed by atoms with Crippen molar-refractivity contribution in [2.45, 2.75) is 26.7 Å². The van der Waals surface area contributed by atoms with Crippen LogP contribution >= 0.6 is 0 Å². The quantitative estimate of drug-likeness (QED) is 0.733. The van der Waals surface area contributed by atoms with Crippen LogP contribution in [0.1, 0.15) is 34.5 Å². The van der Waals surface area contributed by atoms with Gasteiger partial charge >= 0.3 is 0 Å². The van der Waals surface area contributed by atoms with Crippen molar-refractivity contribution in [1.82, 2.24) is 9.80 Å². The highest BCUT2D eigenvalue weighted by atomic mass is 16.5. The van der Waals surface area contributed by atoms with Gasteiger partial charge in [0.15, 0.2) is 5.76 Å². The number of carbonyl (C=O) groups excluding carboxylic acids is 2. The van der Waals surface area contributed by atoms with Crippen molar-refractivity contribution in [3.8, 4) is 5.75 Å². The van der Waals surface area contributed by atoms with Crippen molar-refractivity contribution >= 4 is 11.8 Å². The number of aryl methyl sites for hydroxylation is 2. The number of nitrogens with zero attached hydrogens (tertiary/aromatic N) is 2. The molecule has 27 heavy (non-hydrogen) atoms. The standard InChI is InChI=1S/C21H26N2O4/c1-16-6-3-7-17(2)20(16)27-15-5-9-19(24)22-10-12-23(13-11-22)21(25)18-8-4-14-26-18/h3-4,6-8,14H,5,9-13,15H2,1-2H3. The maximum Gasteiger partial charge on any atom is 0.289 e. The van der Waals surface area contributed by atoms with Gasteiger partial charge in [-0.25, -0.2) is 0 Å². The molecule has 0 saturated carbocycles. The van der Waals surface area contributed by atoms with Crippen LogP contribution in [-0.4, -0.2) is 54.4 Å².